The maximum absolute atomic E-state index is 12.0. The molecule has 2 aliphatic rings. The van der Waals surface area contributed by atoms with E-state index in [-0.39, 0.29) is 11.1 Å². The average molecular weight is 435 g/mol. The van der Waals surface area contributed by atoms with Crippen LogP contribution >= 0.6 is 0 Å². The topological polar surface area (TPSA) is 87.1 Å². The molecule has 1 heterocycles. The zero-order valence-electron chi connectivity index (χ0n) is 19.6. The first-order valence-electron chi connectivity index (χ1n) is 12.5. The number of unbranched alkanes of at least 4 members (excludes halogenated alkanes) is 11. The Labute approximate surface area is 187 Å². The van der Waals surface area contributed by atoms with E-state index >= 15 is 0 Å². The van der Waals surface area contributed by atoms with Gasteiger partial charge in [-0.2, -0.15) is 0 Å². The zero-order valence-corrected chi connectivity index (χ0v) is 19.6. The smallest absolute Gasteiger partial charge is 0.227 e. The number of carbonyl (C=O) groups excluding carboxylic acids is 2. The predicted octanol–water partition coefficient (Wildman–Crippen LogP) is 6.81. The van der Waals surface area contributed by atoms with E-state index in [0.717, 1.165) is 19.3 Å². The molecule has 0 spiro atoms. The van der Waals surface area contributed by atoms with Gasteiger partial charge in [0.25, 0.3) is 0 Å². The summed E-state index contributed by atoms with van der Waals surface area (Å²) in [5.74, 6) is -2.24. The summed E-state index contributed by atoms with van der Waals surface area (Å²) in [5, 5.41) is 19.6. The summed E-state index contributed by atoms with van der Waals surface area (Å²) < 4.78 is 5.72. The number of hydrogen-bond acceptors (Lipinski definition) is 5. The molecular formula is C26H42O5. The molecule has 5 heteroatoms. The van der Waals surface area contributed by atoms with E-state index in [9.17, 15) is 19.8 Å². The molecule has 31 heavy (non-hydrogen) atoms. The van der Waals surface area contributed by atoms with Crippen LogP contribution in [-0.4, -0.2) is 34.0 Å². The van der Waals surface area contributed by atoms with E-state index in [1.165, 1.54) is 84.0 Å². The molecular weight excluding hydrogens is 392 g/mol. The summed E-state index contributed by atoms with van der Waals surface area (Å²) >= 11 is 0. The van der Waals surface area contributed by atoms with Crippen molar-refractivity contribution in [1.82, 2.24) is 0 Å². The number of rotatable bonds is 17. The number of aliphatic hydroxyl groups is 2. The van der Waals surface area contributed by atoms with Crippen LogP contribution < -0.4 is 0 Å². The number of ketones is 2. The van der Waals surface area contributed by atoms with Gasteiger partial charge in [-0.1, -0.05) is 84.0 Å². The van der Waals surface area contributed by atoms with Gasteiger partial charge in [-0.05, 0) is 32.6 Å². The average Bonchev–Trinajstić information content (AvgIpc) is 3.52. The van der Waals surface area contributed by atoms with Crippen LogP contribution in [0.25, 0.3) is 0 Å². The first-order valence-corrected chi connectivity index (χ1v) is 12.5. The minimum absolute atomic E-state index is 0.0674. The monoisotopic (exact) mass is 434 g/mol. The van der Waals surface area contributed by atoms with Crippen LogP contribution in [0.1, 0.15) is 117 Å². The molecule has 2 atom stereocenters. The van der Waals surface area contributed by atoms with Crippen molar-refractivity contribution in [3.63, 3.8) is 0 Å². The molecule has 0 aromatic rings. The summed E-state index contributed by atoms with van der Waals surface area (Å²) in [6.45, 7) is 3.59. The van der Waals surface area contributed by atoms with Crippen LogP contribution in [0.3, 0.4) is 0 Å². The fourth-order valence-corrected chi connectivity index (χ4v) is 4.41. The Morgan fingerprint density at radius 2 is 1.16 bits per heavy atom. The molecule has 0 saturated carbocycles. The van der Waals surface area contributed by atoms with Crippen molar-refractivity contribution in [2.45, 2.75) is 129 Å². The molecule has 2 rings (SSSR count). The van der Waals surface area contributed by atoms with Gasteiger partial charge in [0.1, 0.15) is 0 Å². The molecule has 0 aromatic heterocycles. The maximum atomic E-state index is 12.0. The number of hydrogen-bond donors (Lipinski definition) is 2. The maximum Gasteiger partial charge on any atom is 0.227 e. The Morgan fingerprint density at radius 1 is 0.677 bits per heavy atom. The second kappa shape index (κ2) is 13.7. The number of carbonyl (C=O) groups is 2. The standard InChI is InChI=1S/C26H42O5/c1-3-4-17-21-22(31-21)18-15-13-11-9-7-5-6-8-10-12-14-16-20-25(29)23(27)19(2)24(28)26(20)30/h21-22,27,30H,3-18H2,1-2H3. The van der Waals surface area contributed by atoms with Gasteiger partial charge < -0.3 is 14.9 Å². The van der Waals surface area contributed by atoms with Crippen molar-refractivity contribution in [1.29, 1.82) is 0 Å². The van der Waals surface area contributed by atoms with Crippen LogP contribution in [0.4, 0.5) is 0 Å². The highest BCUT2D eigenvalue weighted by atomic mass is 16.6. The molecule has 0 bridgehead atoms. The lowest BCUT2D eigenvalue weighted by Crippen LogP contribution is -2.22. The van der Waals surface area contributed by atoms with Gasteiger partial charge in [-0.3, -0.25) is 9.59 Å². The van der Waals surface area contributed by atoms with E-state index in [0.29, 0.717) is 18.6 Å². The number of Topliss-reactive ketones (excluding diaryl/α,β-unsaturated/α-hetero) is 2. The van der Waals surface area contributed by atoms with Crippen molar-refractivity contribution in [3.05, 3.63) is 22.7 Å². The van der Waals surface area contributed by atoms with E-state index in [1.54, 1.807) is 0 Å². The summed E-state index contributed by atoms with van der Waals surface area (Å²) in [5.41, 5.74) is -0.00273. The molecule has 1 fully saturated rings. The van der Waals surface area contributed by atoms with Crippen LogP contribution in [0.5, 0.6) is 0 Å². The predicted molar refractivity (Wildman–Crippen MR) is 123 cm³/mol. The largest absolute Gasteiger partial charge is 0.504 e. The Morgan fingerprint density at radius 3 is 1.71 bits per heavy atom. The summed E-state index contributed by atoms with van der Waals surface area (Å²) in [6, 6.07) is 0. The van der Waals surface area contributed by atoms with Crippen LogP contribution in [-0.2, 0) is 14.3 Å². The van der Waals surface area contributed by atoms with E-state index in [4.69, 9.17) is 4.74 Å². The van der Waals surface area contributed by atoms with Crippen LogP contribution in [0, 0.1) is 0 Å². The lowest BCUT2D eigenvalue weighted by atomic mass is 9.91. The summed E-state index contributed by atoms with van der Waals surface area (Å²) in [7, 11) is 0. The number of allylic oxidation sites excluding steroid dienone is 2. The van der Waals surface area contributed by atoms with Gasteiger partial charge in [0.05, 0.1) is 12.2 Å². The van der Waals surface area contributed by atoms with Crippen molar-refractivity contribution in [2.75, 3.05) is 0 Å². The van der Waals surface area contributed by atoms with Gasteiger partial charge in [-0.15, -0.1) is 0 Å². The van der Waals surface area contributed by atoms with Crippen LogP contribution in [0.2, 0.25) is 0 Å². The van der Waals surface area contributed by atoms with E-state index < -0.39 is 23.1 Å². The minimum atomic E-state index is -0.635. The van der Waals surface area contributed by atoms with Crippen LogP contribution in [0.15, 0.2) is 22.7 Å². The first-order chi connectivity index (χ1) is 15.0. The molecule has 1 saturated heterocycles. The molecule has 0 aromatic carbocycles. The van der Waals surface area contributed by atoms with Gasteiger partial charge in [0.2, 0.25) is 11.6 Å². The second-order valence-corrected chi connectivity index (χ2v) is 9.24. The molecule has 1 aliphatic heterocycles. The minimum Gasteiger partial charge on any atom is -0.504 e. The quantitative estimate of drug-likeness (QED) is 0.149. The molecule has 5 nitrogen and oxygen atoms in total. The summed E-state index contributed by atoms with van der Waals surface area (Å²) in [4.78, 5) is 23.8. The highest BCUT2D eigenvalue weighted by molar-refractivity contribution is 6.22. The molecule has 176 valence electrons. The third-order valence-corrected chi connectivity index (χ3v) is 6.63. The van der Waals surface area contributed by atoms with E-state index in [2.05, 4.69) is 6.92 Å². The highest BCUT2D eigenvalue weighted by Gasteiger charge is 2.36. The van der Waals surface area contributed by atoms with Gasteiger partial charge in [-0.25, -0.2) is 0 Å². The Kier molecular flexibility index (Phi) is 11.3. The van der Waals surface area contributed by atoms with E-state index in [1.807, 2.05) is 0 Å². The molecule has 2 unspecified atom stereocenters. The summed E-state index contributed by atoms with van der Waals surface area (Å²) in [6.07, 6.45) is 19.6. The van der Waals surface area contributed by atoms with Crippen molar-refractivity contribution >= 4 is 11.6 Å². The van der Waals surface area contributed by atoms with Crippen molar-refractivity contribution in [2.24, 2.45) is 0 Å². The highest BCUT2D eigenvalue weighted by Crippen LogP contribution is 2.31. The third-order valence-electron chi connectivity index (χ3n) is 6.63. The van der Waals surface area contributed by atoms with Gasteiger partial charge >= 0.3 is 0 Å². The van der Waals surface area contributed by atoms with Crippen molar-refractivity contribution in [3.8, 4) is 0 Å². The second-order valence-electron chi connectivity index (χ2n) is 9.24. The molecule has 1 aliphatic carbocycles. The molecule has 0 radical (unpaired) electrons. The fourth-order valence-electron chi connectivity index (χ4n) is 4.41. The normalized spacial score (nSPS) is 21.4. The number of epoxide rings is 1. The molecule has 2 N–H and O–H groups in total. The lowest BCUT2D eigenvalue weighted by molar-refractivity contribution is -0.120. The van der Waals surface area contributed by atoms with Crippen molar-refractivity contribution < 1.29 is 24.5 Å². The lowest BCUT2D eigenvalue weighted by Gasteiger charge is -2.15. The van der Waals surface area contributed by atoms with Gasteiger partial charge in [0, 0.05) is 11.1 Å². The number of aliphatic hydroxyl groups excluding tert-OH is 2. The SMILES string of the molecule is CCCCC1OC1CCCCCCCCCCCCCC1=C(O)C(=O)C(C)=C(O)C1=O. The Hall–Kier alpha value is -1.62. The fraction of sp³-hybridized carbons (Fsp3) is 0.769. The number of ether oxygens (including phenoxy) is 1. The molecule has 0 amide bonds. The zero-order chi connectivity index (χ0) is 22.6. The Balaban J connectivity index is 1.38. The van der Waals surface area contributed by atoms with Gasteiger partial charge in [0.15, 0.2) is 11.5 Å². The first kappa shape index (κ1) is 25.6. The Bertz CT molecular complexity index is 661. The third kappa shape index (κ3) is 8.44.